The van der Waals surface area contributed by atoms with Gasteiger partial charge in [-0.05, 0) is 35.9 Å². The van der Waals surface area contributed by atoms with Crippen LogP contribution in [0.5, 0.6) is 5.75 Å². The molecule has 0 aliphatic heterocycles. The Balaban J connectivity index is 1.64. The van der Waals surface area contributed by atoms with E-state index in [-0.39, 0.29) is 0 Å². The van der Waals surface area contributed by atoms with Crippen molar-refractivity contribution < 1.29 is 4.74 Å². The van der Waals surface area contributed by atoms with E-state index in [1.165, 1.54) is 11.3 Å². The largest absolute Gasteiger partial charge is 0.496 e. The molecule has 3 aromatic carbocycles. The molecular formula is C24H18N4OS. The third-order valence-corrected chi connectivity index (χ3v) is 5.72. The molecule has 1 N–H and O–H groups in total. The van der Waals surface area contributed by atoms with Crippen LogP contribution in [0.1, 0.15) is 0 Å². The summed E-state index contributed by atoms with van der Waals surface area (Å²) in [5.74, 6) is 0.789. The third-order valence-electron chi connectivity index (χ3n) is 4.84. The molecule has 5 nitrogen and oxygen atoms in total. The van der Waals surface area contributed by atoms with Gasteiger partial charge in [-0.2, -0.15) is 0 Å². The number of rotatable bonds is 5. The summed E-state index contributed by atoms with van der Waals surface area (Å²) in [6.07, 6.45) is 1.83. The molecule has 30 heavy (non-hydrogen) atoms. The van der Waals surface area contributed by atoms with Crippen LogP contribution in [0.4, 0.5) is 10.8 Å². The average Bonchev–Trinajstić information content (AvgIpc) is 3.27. The van der Waals surface area contributed by atoms with E-state index in [9.17, 15) is 0 Å². The number of hydrogen-bond donors (Lipinski definition) is 1. The molecule has 6 heteroatoms. The predicted octanol–water partition coefficient (Wildman–Crippen LogP) is 6.17. The number of nitrogens with one attached hydrogen (secondary N) is 1. The first kappa shape index (κ1) is 18.3. The van der Waals surface area contributed by atoms with Crippen molar-refractivity contribution in [3.8, 4) is 27.4 Å². The number of pyridine rings is 1. The molecule has 0 atom stereocenters. The highest BCUT2D eigenvalue weighted by Gasteiger charge is 2.18. The minimum atomic E-state index is 0.740. The summed E-state index contributed by atoms with van der Waals surface area (Å²) in [7, 11) is 1.69. The Morgan fingerprint density at radius 1 is 0.800 bits per heavy atom. The number of benzene rings is 3. The van der Waals surface area contributed by atoms with Gasteiger partial charge < -0.3 is 10.1 Å². The Kier molecular flexibility index (Phi) is 4.83. The summed E-state index contributed by atoms with van der Waals surface area (Å²) in [6, 6.07) is 26.1. The molecule has 0 bridgehead atoms. The van der Waals surface area contributed by atoms with Crippen LogP contribution in [0.3, 0.4) is 0 Å². The van der Waals surface area contributed by atoms with E-state index in [2.05, 4.69) is 32.6 Å². The van der Waals surface area contributed by atoms with Crippen molar-refractivity contribution in [3.05, 3.63) is 85.1 Å². The second-order valence-electron chi connectivity index (χ2n) is 6.66. The van der Waals surface area contributed by atoms with E-state index in [0.717, 1.165) is 49.2 Å². The summed E-state index contributed by atoms with van der Waals surface area (Å²) in [6.45, 7) is 0. The molecule has 2 heterocycles. The molecular weight excluding hydrogens is 392 g/mol. The highest BCUT2D eigenvalue weighted by atomic mass is 32.1. The fourth-order valence-electron chi connectivity index (χ4n) is 3.50. The number of aromatic nitrogens is 3. The van der Waals surface area contributed by atoms with Gasteiger partial charge in [0.25, 0.3) is 0 Å². The lowest BCUT2D eigenvalue weighted by Gasteiger charge is -2.14. The standard InChI is InChI=1S/C24H18N4OS/c1-29-21-13-7-11-19(22(21)18-14-15-25-20-12-6-5-10-17(18)20)23-27-28-24(30-23)26-16-8-3-2-4-9-16/h2-15H,1H3,(H,26,28). The molecule has 146 valence electrons. The Hall–Kier alpha value is -3.77. The third kappa shape index (κ3) is 3.38. The first-order chi connectivity index (χ1) is 14.8. The number of ether oxygens (including phenoxy) is 1. The van der Waals surface area contributed by atoms with Gasteiger partial charge >= 0.3 is 0 Å². The van der Waals surface area contributed by atoms with Crippen molar-refractivity contribution in [1.82, 2.24) is 15.2 Å². The van der Waals surface area contributed by atoms with Crippen molar-refractivity contribution >= 4 is 33.1 Å². The maximum atomic E-state index is 5.73. The Morgan fingerprint density at radius 2 is 1.63 bits per heavy atom. The zero-order chi connectivity index (χ0) is 20.3. The summed E-state index contributed by atoms with van der Waals surface area (Å²) >= 11 is 1.51. The minimum absolute atomic E-state index is 0.740. The van der Waals surface area contributed by atoms with Gasteiger partial charge in [0.2, 0.25) is 5.13 Å². The fourth-order valence-corrected chi connectivity index (χ4v) is 4.29. The maximum Gasteiger partial charge on any atom is 0.210 e. The van der Waals surface area contributed by atoms with Crippen LogP contribution in [0, 0.1) is 0 Å². The monoisotopic (exact) mass is 410 g/mol. The Labute approximate surface area is 178 Å². The van der Waals surface area contributed by atoms with Gasteiger partial charge in [0.05, 0.1) is 12.6 Å². The molecule has 5 aromatic rings. The average molecular weight is 411 g/mol. The minimum Gasteiger partial charge on any atom is -0.496 e. The number of hydrogen-bond acceptors (Lipinski definition) is 6. The Bertz CT molecular complexity index is 1310. The van der Waals surface area contributed by atoms with Gasteiger partial charge in [-0.15, -0.1) is 10.2 Å². The quantitative estimate of drug-likeness (QED) is 0.375. The zero-order valence-corrected chi connectivity index (χ0v) is 17.1. The van der Waals surface area contributed by atoms with Crippen LogP contribution >= 0.6 is 11.3 Å². The van der Waals surface area contributed by atoms with Crippen LogP contribution < -0.4 is 10.1 Å². The van der Waals surface area contributed by atoms with E-state index in [0.29, 0.717) is 0 Å². The summed E-state index contributed by atoms with van der Waals surface area (Å²) in [5, 5.41) is 14.7. The van der Waals surface area contributed by atoms with Gasteiger partial charge in [0.15, 0.2) is 0 Å². The van der Waals surface area contributed by atoms with Gasteiger partial charge in [-0.3, -0.25) is 4.98 Å². The van der Waals surface area contributed by atoms with E-state index in [1.807, 2.05) is 72.9 Å². The van der Waals surface area contributed by atoms with Crippen LogP contribution in [0.15, 0.2) is 85.1 Å². The molecule has 0 radical (unpaired) electrons. The van der Waals surface area contributed by atoms with Crippen molar-refractivity contribution in [2.24, 2.45) is 0 Å². The first-order valence-corrected chi connectivity index (χ1v) is 10.3. The Morgan fingerprint density at radius 3 is 2.50 bits per heavy atom. The second kappa shape index (κ2) is 7.93. The number of nitrogens with zero attached hydrogens (tertiary/aromatic N) is 3. The smallest absolute Gasteiger partial charge is 0.210 e. The number of para-hydroxylation sites is 2. The van der Waals surface area contributed by atoms with Crippen LogP contribution in [0.25, 0.3) is 32.6 Å². The molecule has 2 aromatic heterocycles. The lowest BCUT2D eigenvalue weighted by atomic mass is 9.96. The van der Waals surface area contributed by atoms with Crippen LogP contribution in [0.2, 0.25) is 0 Å². The predicted molar refractivity (Wildman–Crippen MR) is 122 cm³/mol. The normalized spacial score (nSPS) is 10.8. The SMILES string of the molecule is COc1cccc(-c2nnc(Nc3ccccc3)s2)c1-c1ccnc2ccccc12. The van der Waals surface area contributed by atoms with Gasteiger partial charge in [0, 0.05) is 28.4 Å². The van der Waals surface area contributed by atoms with Crippen LogP contribution in [-0.4, -0.2) is 22.3 Å². The van der Waals surface area contributed by atoms with Gasteiger partial charge in [0.1, 0.15) is 10.8 Å². The summed E-state index contributed by atoms with van der Waals surface area (Å²) in [5.41, 5.74) is 4.94. The second-order valence-corrected chi connectivity index (χ2v) is 7.64. The molecule has 0 aliphatic rings. The number of anilines is 2. The lowest BCUT2D eigenvalue weighted by molar-refractivity contribution is 0.416. The van der Waals surface area contributed by atoms with Crippen molar-refractivity contribution in [1.29, 1.82) is 0 Å². The molecule has 0 amide bonds. The van der Waals surface area contributed by atoms with E-state index >= 15 is 0 Å². The molecule has 0 aliphatic carbocycles. The van der Waals surface area contributed by atoms with Gasteiger partial charge in [-0.1, -0.05) is 59.9 Å². The highest BCUT2D eigenvalue weighted by Crippen LogP contribution is 2.43. The lowest BCUT2D eigenvalue weighted by Crippen LogP contribution is -1.93. The fraction of sp³-hybridized carbons (Fsp3) is 0.0417. The summed E-state index contributed by atoms with van der Waals surface area (Å²) < 4.78 is 5.73. The molecule has 0 saturated carbocycles. The van der Waals surface area contributed by atoms with Crippen molar-refractivity contribution in [2.45, 2.75) is 0 Å². The summed E-state index contributed by atoms with van der Waals surface area (Å²) in [4.78, 5) is 4.50. The van der Waals surface area contributed by atoms with Crippen LogP contribution in [-0.2, 0) is 0 Å². The topological polar surface area (TPSA) is 59.9 Å². The van der Waals surface area contributed by atoms with E-state index < -0.39 is 0 Å². The first-order valence-electron chi connectivity index (χ1n) is 9.50. The molecule has 0 saturated heterocycles. The van der Waals surface area contributed by atoms with E-state index in [4.69, 9.17) is 4.74 Å². The highest BCUT2D eigenvalue weighted by molar-refractivity contribution is 7.18. The van der Waals surface area contributed by atoms with Gasteiger partial charge in [-0.25, -0.2) is 0 Å². The zero-order valence-electron chi connectivity index (χ0n) is 16.2. The molecule has 0 fully saturated rings. The van der Waals surface area contributed by atoms with E-state index in [1.54, 1.807) is 7.11 Å². The van der Waals surface area contributed by atoms with Crippen molar-refractivity contribution in [3.63, 3.8) is 0 Å². The number of methoxy groups -OCH3 is 1. The molecule has 0 unspecified atom stereocenters. The maximum absolute atomic E-state index is 5.73. The van der Waals surface area contributed by atoms with Crippen molar-refractivity contribution in [2.75, 3.05) is 12.4 Å². The number of fused-ring (bicyclic) bond motifs is 1. The molecule has 0 spiro atoms. The molecule has 5 rings (SSSR count).